The van der Waals surface area contributed by atoms with Crippen molar-refractivity contribution in [1.82, 2.24) is 5.32 Å². The molecule has 1 aliphatic carbocycles. The van der Waals surface area contributed by atoms with Crippen LogP contribution in [0.25, 0.3) is 6.08 Å². The van der Waals surface area contributed by atoms with Crippen LogP contribution in [0.4, 0.5) is 10.1 Å². The van der Waals surface area contributed by atoms with Crippen molar-refractivity contribution in [2.45, 2.75) is 65.8 Å². The zero-order valence-electron chi connectivity index (χ0n) is 23.7. The molecule has 7 heteroatoms. The Hall–Kier alpha value is -2.96. The minimum atomic E-state index is -0.209. The van der Waals surface area contributed by atoms with Crippen molar-refractivity contribution in [1.29, 1.82) is 0 Å². The van der Waals surface area contributed by atoms with E-state index in [-0.39, 0.29) is 17.8 Å². The first-order chi connectivity index (χ1) is 18.2. The summed E-state index contributed by atoms with van der Waals surface area (Å²) in [6.07, 6.45) is 9.05. The molecule has 5 nitrogen and oxygen atoms in total. The van der Waals surface area contributed by atoms with Gasteiger partial charge in [-0.05, 0) is 73.2 Å². The van der Waals surface area contributed by atoms with Gasteiger partial charge in [-0.1, -0.05) is 76.1 Å². The first kappa shape index (κ1) is 33.1. The van der Waals surface area contributed by atoms with Crippen LogP contribution in [-0.2, 0) is 16.0 Å². The molecule has 1 saturated carbocycles. The van der Waals surface area contributed by atoms with Crippen molar-refractivity contribution in [2.24, 2.45) is 5.10 Å². The Balaban J connectivity index is 0.000000432. The second-order valence-electron chi connectivity index (χ2n) is 8.74. The molecule has 0 aliphatic heterocycles. The fourth-order valence-corrected chi connectivity index (χ4v) is 4.05. The van der Waals surface area contributed by atoms with Crippen LogP contribution in [0.15, 0.2) is 65.8 Å². The third kappa shape index (κ3) is 11.6. The fourth-order valence-electron chi connectivity index (χ4n) is 3.86. The number of carbonyl (C=O) groups excluding carboxylic acids is 1. The van der Waals surface area contributed by atoms with Crippen molar-refractivity contribution < 1.29 is 13.9 Å². The lowest BCUT2D eigenvalue weighted by atomic mass is 10.1. The summed E-state index contributed by atoms with van der Waals surface area (Å²) in [7, 11) is 3.48. The van der Waals surface area contributed by atoms with Crippen LogP contribution in [0, 0.1) is 5.82 Å². The first-order valence-corrected chi connectivity index (χ1v) is 13.6. The summed E-state index contributed by atoms with van der Waals surface area (Å²) < 4.78 is 17.3. The molecule has 0 spiro atoms. The summed E-state index contributed by atoms with van der Waals surface area (Å²) in [4.78, 5) is 12.6. The molecule has 1 N–H and O–H groups in total. The van der Waals surface area contributed by atoms with Gasteiger partial charge in [-0.3, -0.25) is 9.80 Å². The van der Waals surface area contributed by atoms with Gasteiger partial charge in [0.2, 0.25) is 0 Å². The molecule has 0 heterocycles. The van der Waals surface area contributed by atoms with Crippen LogP contribution in [-0.4, -0.2) is 38.4 Å². The van der Waals surface area contributed by atoms with E-state index in [4.69, 9.17) is 16.3 Å². The fraction of sp³-hybridized carbons (Fsp3) is 0.419. The molecule has 1 amide bonds. The van der Waals surface area contributed by atoms with E-state index in [9.17, 15) is 9.18 Å². The number of methoxy groups -OCH3 is 1. The minimum Gasteiger partial charge on any atom is -0.381 e. The number of anilines is 1. The predicted molar refractivity (Wildman–Crippen MR) is 161 cm³/mol. The number of hydrogen-bond acceptors (Lipinski definition) is 4. The molecule has 1 fully saturated rings. The van der Waals surface area contributed by atoms with E-state index < -0.39 is 0 Å². The van der Waals surface area contributed by atoms with Gasteiger partial charge in [-0.25, -0.2) is 4.39 Å². The molecule has 0 aromatic heterocycles. The summed E-state index contributed by atoms with van der Waals surface area (Å²) in [5.74, 6) is -0.354. The molecule has 2 aromatic carbocycles. The highest BCUT2D eigenvalue weighted by atomic mass is 35.5. The van der Waals surface area contributed by atoms with Gasteiger partial charge in [-0.2, -0.15) is 5.10 Å². The zero-order valence-corrected chi connectivity index (χ0v) is 24.4. The lowest BCUT2D eigenvalue weighted by molar-refractivity contribution is -0.115. The van der Waals surface area contributed by atoms with E-state index >= 15 is 0 Å². The molecule has 0 unspecified atom stereocenters. The summed E-state index contributed by atoms with van der Waals surface area (Å²) in [6, 6.07) is 12.3. The Kier molecular flexibility index (Phi) is 15.9. The van der Waals surface area contributed by atoms with Gasteiger partial charge >= 0.3 is 0 Å². The van der Waals surface area contributed by atoms with E-state index in [1.165, 1.54) is 25.0 Å². The van der Waals surface area contributed by atoms with Gasteiger partial charge < -0.3 is 10.1 Å². The Morgan fingerprint density at radius 3 is 2.39 bits per heavy atom. The second kappa shape index (κ2) is 18.3. The molecule has 1 aliphatic rings. The molecule has 0 bridgehead atoms. The molecule has 38 heavy (non-hydrogen) atoms. The number of hydrogen-bond donors (Lipinski definition) is 1. The number of hydrazone groups is 1. The number of benzene rings is 2. The van der Waals surface area contributed by atoms with Crippen molar-refractivity contribution in [3.05, 3.63) is 82.7 Å². The maximum Gasteiger partial charge on any atom is 0.272 e. The van der Waals surface area contributed by atoms with E-state index in [2.05, 4.69) is 23.9 Å². The van der Waals surface area contributed by atoms with Crippen molar-refractivity contribution in [3.63, 3.8) is 0 Å². The van der Waals surface area contributed by atoms with E-state index in [0.717, 1.165) is 36.1 Å². The van der Waals surface area contributed by atoms with Crippen molar-refractivity contribution >= 4 is 35.0 Å². The monoisotopic (exact) mass is 543 g/mol. The lowest BCUT2D eigenvalue weighted by Gasteiger charge is -2.20. The smallest absolute Gasteiger partial charge is 0.272 e. The zero-order chi connectivity index (χ0) is 28.5. The summed E-state index contributed by atoms with van der Waals surface area (Å²) in [5.41, 5.74) is 4.04. The molecule has 0 radical (unpaired) electrons. The molecule has 208 valence electrons. The van der Waals surface area contributed by atoms with Gasteiger partial charge in [0.1, 0.15) is 5.82 Å². The molecular formula is C31H43ClFN3O2. The molecule has 0 saturated heterocycles. The van der Waals surface area contributed by atoms with Crippen LogP contribution in [0.2, 0.25) is 5.02 Å². The van der Waals surface area contributed by atoms with Crippen LogP contribution in [0.3, 0.4) is 0 Å². The maximum atomic E-state index is 12.6. The van der Waals surface area contributed by atoms with Gasteiger partial charge in [0.15, 0.2) is 5.71 Å². The Labute approximate surface area is 233 Å². The predicted octanol–water partition coefficient (Wildman–Crippen LogP) is 7.84. The SMILES string of the molecule is C=C(C)/C(=N\N(C)c1ccc(Cl)cc1CC)C(=O)NC1CCCC1.CC.COC/C=C\c1ccc(F)cc1. The normalized spacial score (nSPS) is 13.3. The third-order valence-electron chi connectivity index (χ3n) is 5.77. The molecule has 2 aromatic rings. The average molecular weight is 544 g/mol. The highest BCUT2D eigenvalue weighted by Crippen LogP contribution is 2.25. The summed E-state index contributed by atoms with van der Waals surface area (Å²) in [6.45, 7) is 12.4. The van der Waals surface area contributed by atoms with Crippen molar-refractivity contribution in [3.8, 4) is 0 Å². The van der Waals surface area contributed by atoms with Crippen LogP contribution in [0.1, 0.15) is 64.5 Å². The van der Waals surface area contributed by atoms with Crippen LogP contribution in [0.5, 0.6) is 0 Å². The Bertz CT molecular complexity index is 1060. The number of carbonyl (C=O) groups is 1. The number of halogens is 2. The maximum absolute atomic E-state index is 12.6. The number of nitrogens with one attached hydrogen (secondary N) is 1. The number of nitrogens with zero attached hydrogens (tertiary/aromatic N) is 2. The topological polar surface area (TPSA) is 53.9 Å². The van der Waals surface area contributed by atoms with E-state index in [1.807, 2.05) is 58.2 Å². The minimum absolute atomic E-state index is 0.145. The van der Waals surface area contributed by atoms with E-state index in [0.29, 0.717) is 22.9 Å². The number of aryl methyl sites for hydroxylation is 1. The molecule has 0 atom stereocenters. The lowest BCUT2D eigenvalue weighted by Crippen LogP contribution is -2.39. The first-order valence-electron chi connectivity index (χ1n) is 13.2. The summed E-state index contributed by atoms with van der Waals surface area (Å²) >= 11 is 6.07. The van der Waals surface area contributed by atoms with Crippen molar-refractivity contribution in [2.75, 3.05) is 25.8 Å². The summed E-state index contributed by atoms with van der Waals surface area (Å²) in [5, 5.41) is 10.0. The number of amides is 1. The number of ether oxygens (including phenoxy) is 1. The van der Waals surface area contributed by atoms with Gasteiger partial charge in [0, 0.05) is 25.2 Å². The van der Waals surface area contributed by atoms with E-state index in [1.54, 1.807) is 24.3 Å². The highest BCUT2D eigenvalue weighted by Gasteiger charge is 2.21. The number of rotatable bonds is 9. The third-order valence-corrected chi connectivity index (χ3v) is 6.01. The standard InChI is InChI=1S/C19H26ClN3O.C10H11FO.C2H6/c1-5-14-12-15(20)10-11-17(14)23(4)22-18(13(2)3)19(24)21-16-8-6-7-9-16;1-12-8-2-3-9-4-6-10(11)7-5-9;1-2/h10-12,16H,2,5-9H2,1,3-4H3,(H,21,24);2-7H,8H2,1H3;1-2H3/b22-18+;3-2-;. The van der Waals surface area contributed by atoms with Gasteiger partial charge in [-0.15, -0.1) is 0 Å². The molecular weight excluding hydrogens is 501 g/mol. The highest BCUT2D eigenvalue weighted by molar-refractivity contribution is 6.45. The van der Waals surface area contributed by atoms with Crippen LogP contribution >= 0.6 is 11.6 Å². The van der Waals surface area contributed by atoms with Gasteiger partial charge in [0.25, 0.3) is 5.91 Å². The average Bonchev–Trinajstić information content (AvgIpc) is 3.42. The van der Waals surface area contributed by atoms with Gasteiger partial charge in [0.05, 0.1) is 12.3 Å². The Morgan fingerprint density at radius 1 is 1.21 bits per heavy atom. The largest absolute Gasteiger partial charge is 0.381 e. The quantitative estimate of drug-likeness (QED) is 0.259. The second-order valence-corrected chi connectivity index (χ2v) is 9.18. The molecule has 3 rings (SSSR count). The van der Waals surface area contributed by atoms with Crippen LogP contribution < -0.4 is 10.3 Å². The Morgan fingerprint density at radius 2 is 1.84 bits per heavy atom.